The van der Waals surface area contributed by atoms with Crippen molar-refractivity contribution < 1.29 is 0 Å². The Hall–Kier alpha value is -0.900. The highest BCUT2D eigenvalue weighted by atomic mass is 15.6. The first kappa shape index (κ1) is 10.6. The van der Waals surface area contributed by atoms with E-state index in [1.807, 2.05) is 0 Å². The van der Waals surface area contributed by atoms with E-state index in [-0.39, 0.29) is 0 Å². The van der Waals surface area contributed by atoms with E-state index < -0.39 is 0 Å². The molecule has 1 unspecified atom stereocenters. The van der Waals surface area contributed by atoms with Gasteiger partial charge in [-0.25, -0.2) is 5.01 Å². The van der Waals surface area contributed by atoms with Crippen LogP contribution in [-0.4, -0.2) is 17.6 Å². The fourth-order valence-electron chi connectivity index (χ4n) is 2.27. The summed E-state index contributed by atoms with van der Waals surface area (Å²) in [6, 6.07) is 11.2. The van der Waals surface area contributed by atoms with Crippen molar-refractivity contribution >= 4 is 0 Å². The monoisotopic (exact) mass is 205 g/mol. The first-order chi connectivity index (χ1) is 7.40. The Balaban J connectivity index is 1.97. The molecule has 1 aromatic carbocycles. The van der Waals surface area contributed by atoms with Gasteiger partial charge < -0.3 is 0 Å². The van der Waals surface area contributed by atoms with E-state index in [0.717, 1.165) is 13.0 Å². The minimum Gasteiger partial charge on any atom is -0.258 e. The Bertz CT molecular complexity index is 286. The largest absolute Gasteiger partial charge is 0.258 e. The number of nitrogens with two attached hydrogens (primary N) is 1. The third-order valence-corrected chi connectivity index (χ3v) is 3.11. The van der Waals surface area contributed by atoms with Gasteiger partial charge in [-0.3, -0.25) is 5.84 Å². The quantitative estimate of drug-likeness (QED) is 0.580. The van der Waals surface area contributed by atoms with Crippen LogP contribution in [0.15, 0.2) is 30.3 Å². The van der Waals surface area contributed by atoms with Crippen LogP contribution in [0.4, 0.5) is 0 Å². The van der Waals surface area contributed by atoms with Crippen molar-refractivity contribution in [3.63, 3.8) is 0 Å². The number of hydrazine groups is 2. The smallest absolute Gasteiger partial charge is 0.0297 e. The first-order valence-corrected chi connectivity index (χ1v) is 5.67. The molecule has 1 atom stereocenters. The Kier molecular flexibility index (Phi) is 3.72. The van der Waals surface area contributed by atoms with Gasteiger partial charge in [0.1, 0.15) is 0 Å². The fourth-order valence-corrected chi connectivity index (χ4v) is 2.27. The van der Waals surface area contributed by atoms with Crippen molar-refractivity contribution in [2.45, 2.75) is 31.7 Å². The van der Waals surface area contributed by atoms with E-state index in [2.05, 4.69) is 40.9 Å². The van der Waals surface area contributed by atoms with Crippen LogP contribution in [0.25, 0.3) is 0 Å². The van der Waals surface area contributed by atoms with Gasteiger partial charge in [0.15, 0.2) is 0 Å². The summed E-state index contributed by atoms with van der Waals surface area (Å²) in [5, 5.41) is 2.16. The maximum Gasteiger partial charge on any atom is 0.0297 e. The average Bonchev–Trinajstić information content (AvgIpc) is 2.31. The molecule has 82 valence electrons. The average molecular weight is 205 g/mol. The number of nitrogens with zero attached hydrogens (tertiary/aromatic N) is 1. The SMILES string of the molecule is NNN1CCCCC1Cc1ccccc1. The molecule has 2 rings (SSSR count). The number of rotatable bonds is 3. The van der Waals surface area contributed by atoms with Crippen molar-refractivity contribution in [3.05, 3.63) is 35.9 Å². The predicted molar refractivity (Wildman–Crippen MR) is 61.8 cm³/mol. The molecule has 1 saturated heterocycles. The maximum absolute atomic E-state index is 5.52. The number of piperidine rings is 1. The van der Waals surface area contributed by atoms with Crippen LogP contribution in [0.2, 0.25) is 0 Å². The summed E-state index contributed by atoms with van der Waals surface area (Å²) < 4.78 is 0. The lowest BCUT2D eigenvalue weighted by molar-refractivity contribution is 0.0863. The van der Waals surface area contributed by atoms with E-state index in [0.29, 0.717) is 6.04 Å². The van der Waals surface area contributed by atoms with Gasteiger partial charge in [-0.05, 0) is 24.8 Å². The molecule has 1 fully saturated rings. The second-order valence-electron chi connectivity index (χ2n) is 4.16. The third kappa shape index (κ3) is 2.78. The summed E-state index contributed by atoms with van der Waals surface area (Å²) in [6.45, 7) is 1.06. The predicted octanol–water partition coefficient (Wildman–Crippen LogP) is 1.46. The summed E-state index contributed by atoms with van der Waals surface area (Å²) in [4.78, 5) is 0. The molecule has 1 aromatic rings. The Morgan fingerprint density at radius 1 is 1.27 bits per heavy atom. The number of benzene rings is 1. The highest BCUT2D eigenvalue weighted by Crippen LogP contribution is 2.18. The molecule has 0 radical (unpaired) electrons. The lowest BCUT2D eigenvalue weighted by atomic mass is 9.97. The summed E-state index contributed by atoms with van der Waals surface area (Å²) in [7, 11) is 0. The molecular weight excluding hydrogens is 186 g/mol. The van der Waals surface area contributed by atoms with E-state index in [1.165, 1.54) is 24.8 Å². The van der Waals surface area contributed by atoms with Crippen molar-refractivity contribution in [2.75, 3.05) is 6.54 Å². The zero-order chi connectivity index (χ0) is 10.5. The summed E-state index contributed by atoms with van der Waals surface area (Å²) in [5.41, 5.74) is 4.20. The normalized spacial score (nSPS) is 22.9. The molecule has 3 nitrogen and oxygen atoms in total. The molecule has 0 amide bonds. The Morgan fingerprint density at radius 2 is 2.07 bits per heavy atom. The van der Waals surface area contributed by atoms with Crippen molar-refractivity contribution in [1.29, 1.82) is 0 Å². The van der Waals surface area contributed by atoms with Gasteiger partial charge in [-0.15, -0.1) is 0 Å². The maximum atomic E-state index is 5.52. The summed E-state index contributed by atoms with van der Waals surface area (Å²) in [5.74, 6) is 5.52. The van der Waals surface area contributed by atoms with Crippen molar-refractivity contribution in [3.8, 4) is 0 Å². The summed E-state index contributed by atoms with van der Waals surface area (Å²) >= 11 is 0. The topological polar surface area (TPSA) is 41.3 Å². The molecular formula is C12H19N3. The van der Waals surface area contributed by atoms with Crippen LogP contribution in [0.1, 0.15) is 24.8 Å². The van der Waals surface area contributed by atoms with Gasteiger partial charge >= 0.3 is 0 Å². The van der Waals surface area contributed by atoms with Gasteiger partial charge in [-0.1, -0.05) is 36.8 Å². The second-order valence-corrected chi connectivity index (χ2v) is 4.16. The third-order valence-electron chi connectivity index (χ3n) is 3.11. The first-order valence-electron chi connectivity index (χ1n) is 5.67. The lowest BCUT2D eigenvalue weighted by Gasteiger charge is -2.34. The molecule has 3 heteroatoms. The highest BCUT2D eigenvalue weighted by molar-refractivity contribution is 5.16. The molecule has 0 saturated carbocycles. The molecule has 1 aliphatic heterocycles. The van der Waals surface area contributed by atoms with Crippen molar-refractivity contribution in [1.82, 2.24) is 10.5 Å². The molecule has 15 heavy (non-hydrogen) atoms. The minimum atomic E-state index is 0.547. The summed E-state index contributed by atoms with van der Waals surface area (Å²) in [6.07, 6.45) is 4.88. The molecule has 0 bridgehead atoms. The van der Waals surface area contributed by atoms with Gasteiger partial charge in [0, 0.05) is 12.6 Å². The van der Waals surface area contributed by atoms with Gasteiger partial charge in [0.05, 0.1) is 0 Å². The Morgan fingerprint density at radius 3 is 2.80 bits per heavy atom. The zero-order valence-electron chi connectivity index (χ0n) is 9.02. The Labute approximate surface area is 91.2 Å². The van der Waals surface area contributed by atoms with Gasteiger partial charge in [0.2, 0.25) is 0 Å². The molecule has 0 spiro atoms. The van der Waals surface area contributed by atoms with E-state index in [4.69, 9.17) is 5.84 Å². The fraction of sp³-hybridized carbons (Fsp3) is 0.500. The van der Waals surface area contributed by atoms with Crippen LogP contribution < -0.4 is 11.4 Å². The highest BCUT2D eigenvalue weighted by Gasteiger charge is 2.21. The van der Waals surface area contributed by atoms with E-state index in [1.54, 1.807) is 0 Å². The molecule has 1 heterocycles. The zero-order valence-corrected chi connectivity index (χ0v) is 9.02. The lowest BCUT2D eigenvalue weighted by Crippen LogP contribution is -2.52. The standard InChI is InChI=1S/C12H19N3/c13-14-15-9-5-4-8-12(15)10-11-6-2-1-3-7-11/h1-3,6-7,12,14H,4-5,8-10,13H2. The van der Waals surface area contributed by atoms with Crippen LogP contribution in [-0.2, 0) is 6.42 Å². The van der Waals surface area contributed by atoms with Gasteiger partial charge in [-0.2, -0.15) is 5.53 Å². The van der Waals surface area contributed by atoms with Crippen LogP contribution in [0.5, 0.6) is 0 Å². The van der Waals surface area contributed by atoms with Crippen LogP contribution in [0, 0.1) is 0 Å². The molecule has 0 aliphatic carbocycles. The minimum absolute atomic E-state index is 0.547. The van der Waals surface area contributed by atoms with Crippen LogP contribution in [0.3, 0.4) is 0 Å². The molecule has 3 N–H and O–H groups in total. The van der Waals surface area contributed by atoms with Crippen molar-refractivity contribution in [2.24, 2.45) is 5.84 Å². The molecule has 0 aromatic heterocycles. The molecule has 1 aliphatic rings. The number of hydrogen-bond acceptors (Lipinski definition) is 3. The number of hydrogen-bond donors (Lipinski definition) is 2. The number of nitrogens with one attached hydrogen (secondary N) is 1. The van der Waals surface area contributed by atoms with Crippen LogP contribution >= 0.6 is 0 Å². The van der Waals surface area contributed by atoms with E-state index >= 15 is 0 Å². The second kappa shape index (κ2) is 5.26. The van der Waals surface area contributed by atoms with E-state index in [9.17, 15) is 0 Å². The van der Waals surface area contributed by atoms with Gasteiger partial charge in [0.25, 0.3) is 0 Å².